The first-order chi connectivity index (χ1) is 16.4. The molecule has 0 bridgehead atoms. The Kier molecular flexibility index (Phi) is 12.3. The zero-order valence-corrected chi connectivity index (χ0v) is 22.6. The number of anilines is 1. The molecule has 0 fully saturated rings. The lowest BCUT2D eigenvalue weighted by atomic mass is 10.1. The Morgan fingerprint density at radius 3 is 2.71 bits per heavy atom. The SMILES string of the molecule is C=N/C(=C\SCNc1ccc(C(=O)N(CCCC)CC[C@@H](CC)OC)cn1)c1sc(C)nc1C. The average Bonchev–Trinajstić information content (AvgIpc) is 3.19. The van der Waals surface area contributed by atoms with Gasteiger partial charge in [-0.25, -0.2) is 9.97 Å². The molecule has 34 heavy (non-hydrogen) atoms. The first-order valence-electron chi connectivity index (χ1n) is 11.7. The number of carbonyl (C=O) groups is 1. The van der Waals surface area contributed by atoms with Gasteiger partial charge >= 0.3 is 0 Å². The number of rotatable bonds is 15. The summed E-state index contributed by atoms with van der Waals surface area (Å²) in [4.78, 5) is 29.1. The molecule has 0 aliphatic heterocycles. The number of aliphatic imine (C=N–C) groups is 1. The van der Waals surface area contributed by atoms with Crippen LogP contribution in [0.4, 0.5) is 5.82 Å². The Morgan fingerprint density at radius 2 is 2.15 bits per heavy atom. The van der Waals surface area contributed by atoms with E-state index in [4.69, 9.17) is 4.74 Å². The average molecular weight is 504 g/mol. The molecule has 7 nitrogen and oxygen atoms in total. The number of hydrogen-bond acceptors (Lipinski definition) is 8. The lowest BCUT2D eigenvalue weighted by Gasteiger charge is -2.24. The molecule has 2 heterocycles. The van der Waals surface area contributed by atoms with E-state index in [1.165, 1.54) is 0 Å². The Balaban J connectivity index is 1.93. The zero-order valence-electron chi connectivity index (χ0n) is 21.0. The lowest BCUT2D eigenvalue weighted by molar-refractivity contribution is 0.0628. The predicted molar refractivity (Wildman–Crippen MR) is 146 cm³/mol. The van der Waals surface area contributed by atoms with Crippen LogP contribution in [0.1, 0.15) is 65.5 Å². The van der Waals surface area contributed by atoms with Crippen molar-refractivity contribution in [3.63, 3.8) is 0 Å². The molecule has 0 aromatic carbocycles. The minimum atomic E-state index is 0.0210. The van der Waals surface area contributed by atoms with Crippen LogP contribution in [0.2, 0.25) is 0 Å². The van der Waals surface area contributed by atoms with Gasteiger partial charge in [-0.1, -0.05) is 20.3 Å². The molecule has 1 N–H and O–H groups in total. The highest BCUT2D eigenvalue weighted by atomic mass is 32.2. The van der Waals surface area contributed by atoms with Crippen LogP contribution in [0.25, 0.3) is 5.70 Å². The van der Waals surface area contributed by atoms with Crippen LogP contribution in [0, 0.1) is 13.8 Å². The molecule has 0 spiro atoms. The molecule has 0 saturated carbocycles. The van der Waals surface area contributed by atoms with Gasteiger partial charge < -0.3 is 15.0 Å². The number of nitrogens with zero attached hydrogens (tertiary/aromatic N) is 4. The number of aromatic nitrogens is 2. The highest BCUT2D eigenvalue weighted by molar-refractivity contribution is 8.02. The normalized spacial score (nSPS) is 12.4. The highest BCUT2D eigenvalue weighted by Crippen LogP contribution is 2.28. The summed E-state index contributed by atoms with van der Waals surface area (Å²) in [7, 11) is 1.73. The number of aryl methyl sites for hydroxylation is 2. The molecule has 2 aromatic rings. The summed E-state index contributed by atoms with van der Waals surface area (Å²) in [6.07, 6.45) is 5.63. The number of carbonyl (C=O) groups excluding carboxylic acids is 1. The van der Waals surface area contributed by atoms with Gasteiger partial charge in [0, 0.05) is 26.4 Å². The number of thioether (sulfide) groups is 1. The number of methoxy groups -OCH3 is 1. The smallest absolute Gasteiger partial charge is 0.255 e. The van der Waals surface area contributed by atoms with E-state index >= 15 is 0 Å². The standard InChI is InChI=1S/C25H37N5O2S2/c1-7-9-13-30(14-12-21(8-2)32-6)25(31)20-10-11-23(27-15-20)28-17-33-16-22(26-5)24-18(3)29-19(4)34-24/h10-11,15-16,21H,5,7-9,12-14,17H2,1-4,6H3,(H,27,28)/b22-16-/t21-/m1/s1. The second-order valence-corrected chi connectivity index (χ2v) is 9.99. The second-order valence-electron chi connectivity index (χ2n) is 7.93. The molecular weight excluding hydrogens is 466 g/mol. The van der Waals surface area contributed by atoms with E-state index in [0.717, 1.165) is 59.3 Å². The molecule has 2 rings (SSSR count). The van der Waals surface area contributed by atoms with Gasteiger partial charge in [0.1, 0.15) is 5.82 Å². The fourth-order valence-electron chi connectivity index (χ4n) is 3.43. The van der Waals surface area contributed by atoms with Crippen LogP contribution in [-0.2, 0) is 4.74 Å². The number of unbranched alkanes of at least 4 members (excludes halogenated alkanes) is 1. The van der Waals surface area contributed by atoms with E-state index in [2.05, 4.69) is 40.8 Å². The number of pyridine rings is 1. The minimum Gasteiger partial charge on any atom is -0.381 e. The van der Waals surface area contributed by atoms with E-state index in [0.29, 0.717) is 18.0 Å². The summed E-state index contributed by atoms with van der Waals surface area (Å²) in [6, 6.07) is 3.69. The Labute approximate surface area is 212 Å². The molecule has 0 unspecified atom stereocenters. The maximum atomic E-state index is 13.1. The molecule has 0 aliphatic rings. The molecule has 0 radical (unpaired) electrons. The number of amides is 1. The van der Waals surface area contributed by atoms with E-state index in [9.17, 15) is 4.79 Å². The summed E-state index contributed by atoms with van der Waals surface area (Å²) >= 11 is 3.19. The quantitative estimate of drug-likeness (QED) is 0.182. The summed E-state index contributed by atoms with van der Waals surface area (Å²) in [5, 5.41) is 6.27. The van der Waals surface area contributed by atoms with Crippen LogP contribution >= 0.6 is 23.1 Å². The van der Waals surface area contributed by atoms with Gasteiger partial charge in [0.25, 0.3) is 5.91 Å². The van der Waals surface area contributed by atoms with Crippen LogP contribution in [0.15, 0.2) is 28.7 Å². The van der Waals surface area contributed by atoms with Crippen LogP contribution in [0.5, 0.6) is 0 Å². The van der Waals surface area contributed by atoms with E-state index in [-0.39, 0.29) is 12.0 Å². The zero-order chi connectivity index (χ0) is 24.9. The molecule has 2 aromatic heterocycles. The van der Waals surface area contributed by atoms with E-state index in [1.807, 2.05) is 36.3 Å². The Morgan fingerprint density at radius 1 is 1.35 bits per heavy atom. The predicted octanol–water partition coefficient (Wildman–Crippen LogP) is 6.01. The largest absolute Gasteiger partial charge is 0.381 e. The van der Waals surface area contributed by atoms with Gasteiger partial charge in [-0.15, -0.1) is 23.1 Å². The van der Waals surface area contributed by atoms with Crippen LogP contribution < -0.4 is 5.32 Å². The lowest BCUT2D eigenvalue weighted by Crippen LogP contribution is -2.34. The third-order valence-corrected chi connectivity index (χ3v) is 7.22. The molecule has 1 amide bonds. The molecule has 186 valence electrons. The van der Waals surface area contributed by atoms with Crippen molar-refractivity contribution in [2.45, 2.75) is 59.5 Å². The van der Waals surface area contributed by atoms with Crippen molar-refractivity contribution in [1.82, 2.24) is 14.9 Å². The number of nitrogens with one attached hydrogen (secondary N) is 1. The first kappa shape index (κ1) is 28.0. The monoisotopic (exact) mass is 503 g/mol. The summed E-state index contributed by atoms with van der Waals surface area (Å²) < 4.78 is 5.48. The van der Waals surface area contributed by atoms with Crippen molar-refractivity contribution in [3.05, 3.63) is 44.9 Å². The number of hydrogen-bond donors (Lipinski definition) is 1. The molecule has 1 atom stereocenters. The van der Waals surface area contributed by atoms with Gasteiger partial charge in [0.05, 0.1) is 38.8 Å². The van der Waals surface area contributed by atoms with Gasteiger partial charge in [0.2, 0.25) is 0 Å². The Hall–Kier alpha value is -2.23. The van der Waals surface area contributed by atoms with E-state index in [1.54, 1.807) is 36.4 Å². The maximum Gasteiger partial charge on any atom is 0.255 e. The molecule has 0 saturated heterocycles. The summed E-state index contributed by atoms with van der Waals surface area (Å²) in [5.74, 6) is 1.36. The summed E-state index contributed by atoms with van der Waals surface area (Å²) in [6.45, 7) is 13.3. The number of thiazole rings is 1. The third-order valence-electron chi connectivity index (χ3n) is 5.43. The highest BCUT2D eigenvalue weighted by Gasteiger charge is 2.17. The van der Waals surface area contributed by atoms with Gasteiger partial charge in [0.15, 0.2) is 0 Å². The minimum absolute atomic E-state index is 0.0210. The first-order valence-corrected chi connectivity index (χ1v) is 13.5. The van der Waals surface area contributed by atoms with Crippen molar-refractivity contribution >= 4 is 47.2 Å². The fourth-order valence-corrected chi connectivity index (χ4v) is 5.07. The second kappa shape index (κ2) is 14.9. The van der Waals surface area contributed by atoms with Crippen molar-refractivity contribution in [2.75, 3.05) is 31.4 Å². The van der Waals surface area contributed by atoms with Crippen LogP contribution in [-0.4, -0.2) is 59.7 Å². The Bertz CT molecular complexity index is 939. The molecule has 9 heteroatoms. The van der Waals surface area contributed by atoms with Crippen molar-refractivity contribution in [3.8, 4) is 0 Å². The van der Waals surface area contributed by atoms with Crippen LogP contribution in [0.3, 0.4) is 0 Å². The number of ether oxygens (including phenoxy) is 1. The summed E-state index contributed by atoms with van der Waals surface area (Å²) in [5.41, 5.74) is 2.40. The van der Waals surface area contributed by atoms with Gasteiger partial charge in [-0.3, -0.25) is 9.79 Å². The van der Waals surface area contributed by atoms with Crippen molar-refractivity contribution < 1.29 is 9.53 Å². The van der Waals surface area contributed by atoms with Gasteiger partial charge in [-0.05, 0) is 57.4 Å². The maximum absolute atomic E-state index is 13.1. The molecule has 0 aliphatic carbocycles. The molecular formula is C25H37N5O2S2. The fraction of sp³-hybridized carbons (Fsp3) is 0.520. The topological polar surface area (TPSA) is 79.7 Å². The van der Waals surface area contributed by atoms with Gasteiger partial charge in [-0.2, -0.15) is 0 Å². The van der Waals surface area contributed by atoms with Crippen molar-refractivity contribution in [1.29, 1.82) is 0 Å². The van der Waals surface area contributed by atoms with Crippen molar-refractivity contribution in [2.24, 2.45) is 4.99 Å². The third kappa shape index (κ3) is 8.52. The van der Waals surface area contributed by atoms with E-state index < -0.39 is 0 Å².